The monoisotopic (exact) mass is 178 g/mol. The Balaban J connectivity index is 3.14. The van der Waals surface area contributed by atoms with Crippen LogP contribution in [0.1, 0.15) is 0 Å². The van der Waals surface area contributed by atoms with Crippen LogP contribution < -0.4 is 5.32 Å². The maximum Gasteiger partial charge on any atom is 0.340 e. The molecule has 0 saturated heterocycles. The minimum atomic E-state index is -0.581. The number of amides is 2. The Labute approximate surface area is 70.7 Å². The van der Waals surface area contributed by atoms with E-state index in [0.29, 0.717) is 18.2 Å². The molecule has 3 N–H and O–H groups in total. The molecule has 6 heteroatoms. The molecule has 2 amide bonds. The molecule has 0 rings (SSSR count). The molecule has 0 aliphatic rings. The second kappa shape index (κ2) is 6.84. The summed E-state index contributed by atoms with van der Waals surface area (Å²) in [4.78, 5) is 10.6. The van der Waals surface area contributed by atoms with E-state index in [9.17, 15) is 4.79 Å². The summed E-state index contributed by atoms with van der Waals surface area (Å²) in [6.45, 7) is 0.850. The van der Waals surface area contributed by atoms with Gasteiger partial charge < -0.3 is 15.2 Å². The average Bonchev–Trinajstić information content (AvgIpc) is 2.03. The molecular formula is C6H14N2O4. The van der Waals surface area contributed by atoms with Crippen LogP contribution in [-0.2, 0) is 4.74 Å². The van der Waals surface area contributed by atoms with Crippen molar-refractivity contribution >= 4 is 6.03 Å². The number of carbonyl (C=O) groups is 1. The number of hydroxylamine groups is 2. The second-order valence-electron chi connectivity index (χ2n) is 2.09. The van der Waals surface area contributed by atoms with Crippen molar-refractivity contribution in [3.05, 3.63) is 0 Å². The molecule has 0 radical (unpaired) electrons. The summed E-state index contributed by atoms with van der Waals surface area (Å²) in [5.41, 5.74) is 0. The summed E-state index contributed by atoms with van der Waals surface area (Å²) in [5, 5.41) is 19.7. The molecule has 0 unspecified atom stereocenters. The first kappa shape index (κ1) is 11.2. The molecule has 0 aromatic carbocycles. The quantitative estimate of drug-likeness (QED) is 0.287. The van der Waals surface area contributed by atoms with Crippen LogP contribution >= 0.6 is 0 Å². The Bertz CT molecular complexity index is 129. The van der Waals surface area contributed by atoms with E-state index in [0.717, 1.165) is 0 Å². The molecule has 0 saturated carbocycles. The Morgan fingerprint density at radius 3 is 2.75 bits per heavy atom. The van der Waals surface area contributed by atoms with Crippen molar-refractivity contribution in [1.29, 1.82) is 0 Å². The van der Waals surface area contributed by atoms with Crippen LogP contribution in [0.15, 0.2) is 0 Å². The second-order valence-corrected chi connectivity index (χ2v) is 2.09. The van der Waals surface area contributed by atoms with E-state index >= 15 is 0 Å². The summed E-state index contributed by atoms with van der Waals surface area (Å²) < 4.78 is 4.85. The highest BCUT2D eigenvalue weighted by atomic mass is 16.5. The third-order valence-corrected chi connectivity index (χ3v) is 1.05. The van der Waals surface area contributed by atoms with Gasteiger partial charge in [-0.15, -0.1) is 0 Å². The van der Waals surface area contributed by atoms with E-state index in [-0.39, 0.29) is 13.2 Å². The maximum atomic E-state index is 10.6. The summed E-state index contributed by atoms with van der Waals surface area (Å²) in [7, 11) is 1.23. The fourth-order valence-corrected chi connectivity index (χ4v) is 0.511. The number of hydrogen-bond acceptors (Lipinski definition) is 4. The van der Waals surface area contributed by atoms with Gasteiger partial charge >= 0.3 is 6.03 Å². The summed E-state index contributed by atoms with van der Waals surface area (Å²) in [5.74, 6) is 0. The highest BCUT2D eigenvalue weighted by molar-refractivity contribution is 5.72. The van der Waals surface area contributed by atoms with Crippen molar-refractivity contribution in [2.75, 3.05) is 33.4 Å². The Morgan fingerprint density at radius 2 is 2.25 bits per heavy atom. The fourth-order valence-electron chi connectivity index (χ4n) is 0.511. The van der Waals surface area contributed by atoms with Crippen molar-refractivity contribution in [2.24, 2.45) is 0 Å². The Morgan fingerprint density at radius 1 is 1.58 bits per heavy atom. The fraction of sp³-hybridized carbons (Fsp3) is 0.833. The number of urea groups is 1. The summed E-state index contributed by atoms with van der Waals surface area (Å²) in [6.07, 6.45) is 0. The molecule has 0 aliphatic heterocycles. The minimum absolute atomic E-state index is 0.0339. The average molecular weight is 178 g/mol. The van der Waals surface area contributed by atoms with E-state index in [2.05, 4.69) is 5.32 Å². The number of nitrogens with one attached hydrogen (secondary N) is 1. The lowest BCUT2D eigenvalue weighted by Crippen LogP contribution is -2.36. The van der Waals surface area contributed by atoms with Gasteiger partial charge in [0.1, 0.15) is 0 Å². The first-order valence-corrected chi connectivity index (χ1v) is 3.57. The van der Waals surface area contributed by atoms with Crippen LogP contribution in [0.25, 0.3) is 0 Å². The van der Waals surface area contributed by atoms with Gasteiger partial charge in [-0.25, -0.2) is 9.86 Å². The third kappa shape index (κ3) is 5.90. The zero-order valence-corrected chi connectivity index (χ0v) is 6.99. The van der Waals surface area contributed by atoms with Crippen LogP contribution in [0, 0.1) is 0 Å². The number of aliphatic hydroxyl groups excluding tert-OH is 1. The topological polar surface area (TPSA) is 82.0 Å². The lowest BCUT2D eigenvalue weighted by molar-refractivity contribution is -0.0190. The lowest BCUT2D eigenvalue weighted by atomic mass is 10.6. The van der Waals surface area contributed by atoms with E-state index in [4.69, 9.17) is 15.1 Å². The van der Waals surface area contributed by atoms with Gasteiger partial charge in [-0.2, -0.15) is 0 Å². The molecule has 0 aliphatic carbocycles. The van der Waals surface area contributed by atoms with Gasteiger partial charge in [-0.1, -0.05) is 0 Å². The number of ether oxygens (including phenoxy) is 1. The van der Waals surface area contributed by atoms with Crippen LogP contribution in [-0.4, -0.2) is 54.8 Å². The van der Waals surface area contributed by atoms with E-state index in [1.165, 1.54) is 7.05 Å². The first-order chi connectivity index (χ1) is 5.68. The van der Waals surface area contributed by atoms with Gasteiger partial charge in [0, 0.05) is 13.6 Å². The molecule has 0 bridgehead atoms. The molecule has 6 nitrogen and oxygen atoms in total. The first-order valence-electron chi connectivity index (χ1n) is 3.57. The largest absolute Gasteiger partial charge is 0.394 e. The van der Waals surface area contributed by atoms with Gasteiger partial charge in [0.2, 0.25) is 0 Å². The van der Waals surface area contributed by atoms with Gasteiger partial charge in [-0.05, 0) is 0 Å². The lowest BCUT2D eigenvalue weighted by Gasteiger charge is -2.09. The number of aliphatic hydroxyl groups is 1. The smallest absolute Gasteiger partial charge is 0.340 e. The van der Waals surface area contributed by atoms with Crippen molar-refractivity contribution in [1.82, 2.24) is 10.4 Å². The molecule has 0 heterocycles. The minimum Gasteiger partial charge on any atom is -0.394 e. The van der Waals surface area contributed by atoms with Crippen molar-refractivity contribution in [3.63, 3.8) is 0 Å². The normalized spacial score (nSPS) is 9.58. The zero-order chi connectivity index (χ0) is 9.40. The number of rotatable bonds is 5. The van der Waals surface area contributed by atoms with Gasteiger partial charge in [-0.3, -0.25) is 5.21 Å². The number of nitrogens with zero attached hydrogens (tertiary/aromatic N) is 1. The van der Waals surface area contributed by atoms with E-state index < -0.39 is 6.03 Å². The van der Waals surface area contributed by atoms with E-state index in [1.54, 1.807) is 0 Å². The molecule has 0 aromatic rings. The standard InChI is InChI=1S/C6H14N2O4/c1-8(11)6(10)7-2-4-12-5-3-9/h9,11H,2-5H2,1H3,(H,7,10). The summed E-state index contributed by atoms with van der Waals surface area (Å²) >= 11 is 0. The molecular weight excluding hydrogens is 164 g/mol. The molecule has 0 fully saturated rings. The van der Waals surface area contributed by atoms with Crippen LogP contribution in [0.3, 0.4) is 0 Å². The van der Waals surface area contributed by atoms with Gasteiger partial charge in [0.25, 0.3) is 0 Å². The maximum absolute atomic E-state index is 10.6. The zero-order valence-electron chi connectivity index (χ0n) is 6.99. The highest BCUT2D eigenvalue weighted by Gasteiger charge is 2.01. The SMILES string of the molecule is CN(O)C(=O)NCCOCCO. The number of hydrogen-bond donors (Lipinski definition) is 3. The molecule has 0 aromatic heterocycles. The third-order valence-electron chi connectivity index (χ3n) is 1.05. The predicted octanol–water partition coefficient (Wildman–Crippen LogP) is -0.974. The summed E-state index contributed by atoms with van der Waals surface area (Å²) in [6, 6.07) is -0.581. The van der Waals surface area contributed by atoms with Crippen LogP contribution in [0.5, 0.6) is 0 Å². The Hall–Kier alpha value is -0.850. The van der Waals surface area contributed by atoms with Gasteiger partial charge in [0.15, 0.2) is 0 Å². The molecule has 12 heavy (non-hydrogen) atoms. The van der Waals surface area contributed by atoms with E-state index in [1.807, 2.05) is 0 Å². The molecule has 0 atom stereocenters. The predicted molar refractivity (Wildman–Crippen MR) is 40.9 cm³/mol. The van der Waals surface area contributed by atoms with Crippen molar-refractivity contribution in [3.8, 4) is 0 Å². The Kier molecular flexibility index (Phi) is 6.35. The highest BCUT2D eigenvalue weighted by Crippen LogP contribution is 1.76. The van der Waals surface area contributed by atoms with Crippen molar-refractivity contribution in [2.45, 2.75) is 0 Å². The molecule has 72 valence electrons. The number of carbonyl (C=O) groups excluding carboxylic acids is 1. The van der Waals surface area contributed by atoms with Crippen LogP contribution in [0.2, 0.25) is 0 Å². The molecule has 0 spiro atoms. The van der Waals surface area contributed by atoms with Gasteiger partial charge in [0.05, 0.1) is 19.8 Å². The van der Waals surface area contributed by atoms with Crippen LogP contribution in [0.4, 0.5) is 4.79 Å². The van der Waals surface area contributed by atoms with Crippen molar-refractivity contribution < 1.29 is 19.8 Å².